The maximum Gasteiger partial charge on any atom is 0.223 e. The van der Waals surface area contributed by atoms with Crippen LogP contribution in [0.2, 0.25) is 0 Å². The molecule has 0 unspecified atom stereocenters. The molecule has 5 heteroatoms. The summed E-state index contributed by atoms with van der Waals surface area (Å²) in [5.41, 5.74) is 3.48. The Labute approximate surface area is 222 Å². The maximum atomic E-state index is 12.3. The molecule has 1 aliphatic rings. The van der Waals surface area contributed by atoms with E-state index in [9.17, 15) is 4.79 Å². The van der Waals surface area contributed by atoms with Gasteiger partial charge in [0.25, 0.3) is 0 Å². The molecule has 4 rings (SSSR count). The molecule has 0 atom stereocenters. The smallest absolute Gasteiger partial charge is 0.223 e. The van der Waals surface area contributed by atoms with Crippen LogP contribution in [0.25, 0.3) is 11.0 Å². The number of amides is 1. The third-order valence-corrected chi connectivity index (χ3v) is 7.46. The fraction of sp³-hybridized carbons (Fsp3) is 0.500. The first kappa shape index (κ1) is 27.0. The normalized spacial score (nSPS) is 14.1. The molecule has 37 heavy (non-hydrogen) atoms. The molecule has 1 aromatic heterocycles. The Morgan fingerprint density at radius 3 is 2.68 bits per heavy atom. The number of carbonyl (C=O) groups excluding carboxylic acids is 1. The summed E-state index contributed by atoms with van der Waals surface area (Å²) in [7, 11) is 0. The zero-order valence-electron chi connectivity index (χ0n) is 22.3. The number of para-hydroxylation sites is 3. The molecule has 1 amide bonds. The number of ether oxygens (including phenoxy) is 1. The second-order valence-corrected chi connectivity index (χ2v) is 10.3. The number of nitrogens with one attached hydrogen (secondary N) is 1. The minimum atomic E-state index is 0.251. The van der Waals surface area contributed by atoms with E-state index in [-0.39, 0.29) is 11.8 Å². The Hall–Kier alpha value is -3.08. The van der Waals surface area contributed by atoms with Crippen molar-refractivity contribution < 1.29 is 9.53 Å². The SMILES string of the molecule is C=CCc1ccccc1OCCCCn1c(CCCCCNC(=O)C2CCCCC2)nc2ccccc21. The van der Waals surface area contributed by atoms with E-state index < -0.39 is 0 Å². The largest absolute Gasteiger partial charge is 0.493 e. The van der Waals surface area contributed by atoms with Crippen LogP contribution in [0.3, 0.4) is 0 Å². The lowest BCUT2D eigenvalue weighted by Crippen LogP contribution is -2.32. The molecular formula is C32H43N3O2. The minimum absolute atomic E-state index is 0.251. The lowest BCUT2D eigenvalue weighted by atomic mass is 9.89. The maximum absolute atomic E-state index is 12.3. The number of aromatic nitrogens is 2. The lowest BCUT2D eigenvalue weighted by molar-refractivity contribution is -0.125. The van der Waals surface area contributed by atoms with E-state index in [1.54, 1.807) is 0 Å². The Morgan fingerprint density at radius 2 is 1.81 bits per heavy atom. The van der Waals surface area contributed by atoms with Gasteiger partial charge in [0.05, 0.1) is 17.6 Å². The number of imidazole rings is 1. The van der Waals surface area contributed by atoms with Gasteiger partial charge in [-0.05, 0) is 68.7 Å². The van der Waals surface area contributed by atoms with E-state index in [2.05, 4.69) is 46.8 Å². The van der Waals surface area contributed by atoms with Gasteiger partial charge in [-0.2, -0.15) is 0 Å². The molecule has 1 aliphatic carbocycles. The van der Waals surface area contributed by atoms with Crippen LogP contribution in [0.4, 0.5) is 0 Å². The second-order valence-electron chi connectivity index (χ2n) is 10.3. The first-order chi connectivity index (χ1) is 18.3. The number of unbranched alkanes of at least 4 members (excludes halogenated alkanes) is 3. The number of nitrogens with zero attached hydrogens (tertiary/aromatic N) is 2. The van der Waals surface area contributed by atoms with Gasteiger partial charge in [-0.1, -0.05) is 62.1 Å². The number of allylic oxidation sites excluding steroid dienone is 1. The highest BCUT2D eigenvalue weighted by molar-refractivity contribution is 5.78. The van der Waals surface area contributed by atoms with E-state index >= 15 is 0 Å². The molecule has 0 spiro atoms. The van der Waals surface area contributed by atoms with Crippen LogP contribution in [0.15, 0.2) is 61.2 Å². The van der Waals surface area contributed by atoms with Crippen LogP contribution >= 0.6 is 0 Å². The Kier molecular flexibility index (Phi) is 10.6. The molecule has 1 fully saturated rings. The van der Waals surface area contributed by atoms with E-state index in [4.69, 9.17) is 9.72 Å². The topological polar surface area (TPSA) is 56.1 Å². The highest BCUT2D eigenvalue weighted by atomic mass is 16.5. The van der Waals surface area contributed by atoms with Crippen LogP contribution in [-0.4, -0.2) is 28.6 Å². The first-order valence-electron chi connectivity index (χ1n) is 14.3. The van der Waals surface area contributed by atoms with Crippen molar-refractivity contribution in [2.75, 3.05) is 13.2 Å². The summed E-state index contributed by atoms with van der Waals surface area (Å²) < 4.78 is 8.48. The molecule has 1 heterocycles. The van der Waals surface area contributed by atoms with Gasteiger partial charge in [0.2, 0.25) is 5.91 Å². The zero-order chi connectivity index (χ0) is 25.7. The Bertz CT molecular complexity index is 1130. The standard InChI is InChI=1S/C32H43N3O2/c1-2-15-26-16-8-11-21-30(26)37-25-14-13-24-35-29-20-10-9-19-28(29)34-31(35)22-7-4-12-23-33-32(36)27-17-5-3-6-18-27/h2,8-11,16,19-21,27H,1,3-7,12-15,17-18,22-25H2,(H,33,36). The van der Waals surface area contributed by atoms with E-state index in [1.807, 2.05) is 24.3 Å². The van der Waals surface area contributed by atoms with Gasteiger partial charge in [-0.15, -0.1) is 6.58 Å². The van der Waals surface area contributed by atoms with Crippen molar-refractivity contribution in [3.8, 4) is 5.75 Å². The van der Waals surface area contributed by atoms with Crippen molar-refractivity contribution >= 4 is 16.9 Å². The average Bonchev–Trinajstić information content (AvgIpc) is 3.29. The van der Waals surface area contributed by atoms with Gasteiger partial charge in [-0.25, -0.2) is 4.98 Å². The van der Waals surface area contributed by atoms with E-state index in [0.29, 0.717) is 6.61 Å². The fourth-order valence-corrected chi connectivity index (χ4v) is 5.39. The van der Waals surface area contributed by atoms with E-state index in [1.165, 1.54) is 36.2 Å². The predicted molar refractivity (Wildman–Crippen MR) is 152 cm³/mol. The molecule has 1 saturated carbocycles. The summed E-state index contributed by atoms with van der Waals surface area (Å²) >= 11 is 0. The number of fused-ring (bicyclic) bond motifs is 1. The van der Waals surface area contributed by atoms with E-state index in [0.717, 1.165) is 82.1 Å². The van der Waals surface area contributed by atoms with Crippen molar-refractivity contribution in [1.82, 2.24) is 14.9 Å². The summed E-state index contributed by atoms with van der Waals surface area (Å²) in [6.07, 6.45) is 14.8. The zero-order valence-corrected chi connectivity index (χ0v) is 22.3. The second kappa shape index (κ2) is 14.6. The molecule has 0 saturated heterocycles. The summed E-state index contributed by atoms with van der Waals surface area (Å²) in [5, 5.41) is 3.17. The van der Waals surface area contributed by atoms with Crippen LogP contribution in [0, 0.1) is 5.92 Å². The van der Waals surface area contributed by atoms with Crippen molar-refractivity contribution in [1.29, 1.82) is 0 Å². The summed E-state index contributed by atoms with van der Waals surface area (Å²) in [6, 6.07) is 16.7. The summed E-state index contributed by atoms with van der Waals surface area (Å²) in [6.45, 7) is 6.30. The molecule has 0 bridgehead atoms. The highest BCUT2D eigenvalue weighted by Gasteiger charge is 2.20. The fourth-order valence-electron chi connectivity index (χ4n) is 5.39. The number of hydrogen-bond acceptors (Lipinski definition) is 3. The molecule has 0 radical (unpaired) electrons. The van der Waals surface area contributed by atoms with Gasteiger partial charge >= 0.3 is 0 Å². The van der Waals surface area contributed by atoms with Crippen molar-refractivity contribution in [3.05, 3.63) is 72.6 Å². The predicted octanol–water partition coefficient (Wildman–Crippen LogP) is 7.03. The Morgan fingerprint density at radius 1 is 1.00 bits per heavy atom. The third-order valence-electron chi connectivity index (χ3n) is 7.46. The van der Waals surface area contributed by atoms with Gasteiger partial charge < -0.3 is 14.6 Å². The minimum Gasteiger partial charge on any atom is -0.493 e. The Balaban J connectivity index is 1.21. The van der Waals surface area contributed by atoms with Crippen molar-refractivity contribution in [3.63, 3.8) is 0 Å². The van der Waals surface area contributed by atoms with Gasteiger partial charge in [0.15, 0.2) is 0 Å². The molecular weight excluding hydrogens is 458 g/mol. The molecule has 198 valence electrons. The summed E-state index contributed by atoms with van der Waals surface area (Å²) in [4.78, 5) is 17.3. The number of aryl methyl sites for hydroxylation is 2. The first-order valence-corrected chi connectivity index (χ1v) is 14.3. The molecule has 0 aliphatic heterocycles. The number of carbonyl (C=O) groups is 1. The number of rotatable bonds is 15. The quantitative estimate of drug-likeness (QED) is 0.180. The van der Waals surface area contributed by atoms with Crippen LogP contribution < -0.4 is 10.1 Å². The highest BCUT2D eigenvalue weighted by Crippen LogP contribution is 2.24. The van der Waals surface area contributed by atoms with Crippen molar-refractivity contribution in [2.45, 2.75) is 83.6 Å². The van der Waals surface area contributed by atoms with Crippen molar-refractivity contribution in [2.24, 2.45) is 5.92 Å². The molecule has 3 aromatic rings. The van der Waals surface area contributed by atoms with Crippen LogP contribution in [0.5, 0.6) is 5.75 Å². The van der Waals surface area contributed by atoms with Gasteiger partial charge in [0.1, 0.15) is 11.6 Å². The lowest BCUT2D eigenvalue weighted by Gasteiger charge is -2.20. The third kappa shape index (κ3) is 7.95. The van der Waals surface area contributed by atoms with Crippen LogP contribution in [-0.2, 0) is 24.2 Å². The average molecular weight is 502 g/mol. The monoisotopic (exact) mass is 501 g/mol. The van der Waals surface area contributed by atoms with Gasteiger partial charge in [0, 0.05) is 25.4 Å². The molecule has 1 N–H and O–H groups in total. The van der Waals surface area contributed by atoms with Crippen LogP contribution in [0.1, 0.15) is 75.6 Å². The number of hydrogen-bond donors (Lipinski definition) is 1. The molecule has 2 aromatic carbocycles. The molecule has 5 nitrogen and oxygen atoms in total. The number of benzene rings is 2. The summed E-state index contributed by atoms with van der Waals surface area (Å²) in [5.74, 6) is 2.66. The van der Waals surface area contributed by atoms with Gasteiger partial charge in [-0.3, -0.25) is 4.79 Å².